The molecule has 0 radical (unpaired) electrons. The first-order valence-electron chi connectivity index (χ1n) is 5.36. The van der Waals surface area contributed by atoms with Crippen LogP contribution in [0.2, 0.25) is 0 Å². The summed E-state index contributed by atoms with van der Waals surface area (Å²) in [6, 6.07) is 4.59. The molecule has 1 aromatic rings. The van der Waals surface area contributed by atoms with Gasteiger partial charge in [-0.1, -0.05) is 0 Å². The zero-order chi connectivity index (χ0) is 11.4. The van der Waals surface area contributed by atoms with Crippen molar-refractivity contribution in [3.05, 3.63) is 23.8 Å². The summed E-state index contributed by atoms with van der Waals surface area (Å²) in [5.74, 6) is 0.513. The lowest BCUT2D eigenvalue weighted by atomic mass is 10.2. The van der Waals surface area contributed by atoms with E-state index in [0.717, 1.165) is 19.3 Å². The van der Waals surface area contributed by atoms with Crippen molar-refractivity contribution in [3.63, 3.8) is 0 Å². The summed E-state index contributed by atoms with van der Waals surface area (Å²) in [7, 11) is 0. The largest absolute Gasteiger partial charge is 0.507 e. The number of rotatable bonds is 3. The predicted octanol–water partition coefficient (Wildman–Crippen LogP) is 2.11. The number of hydrogen-bond acceptors (Lipinski definition) is 4. The normalized spacial score (nSPS) is 20.4. The molecule has 1 unspecified atom stereocenters. The van der Waals surface area contributed by atoms with E-state index in [2.05, 4.69) is 0 Å². The Bertz CT molecular complexity index is 369. The lowest BCUT2D eigenvalue weighted by molar-refractivity contribution is -0.105. The highest BCUT2D eigenvalue weighted by Crippen LogP contribution is 2.24. The summed E-state index contributed by atoms with van der Waals surface area (Å²) in [5.41, 5.74) is 0.230. The number of carbonyl (C=O) groups is 1. The first kappa shape index (κ1) is 11.0. The smallest absolute Gasteiger partial charge is 0.199 e. The van der Waals surface area contributed by atoms with Gasteiger partial charge in [-0.2, -0.15) is 0 Å². The van der Waals surface area contributed by atoms with E-state index >= 15 is 0 Å². The molecule has 0 spiro atoms. The third-order valence-corrected chi connectivity index (χ3v) is 2.53. The molecule has 0 amide bonds. The van der Waals surface area contributed by atoms with Gasteiger partial charge in [0.2, 0.25) is 0 Å². The van der Waals surface area contributed by atoms with Gasteiger partial charge in [0.15, 0.2) is 12.6 Å². The Morgan fingerprint density at radius 3 is 3.00 bits per heavy atom. The van der Waals surface area contributed by atoms with Crippen molar-refractivity contribution >= 4 is 6.29 Å². The number of ether oxygens (including phenoxy) is 2. The topological polar surface area (TPSA) is 55.8 Å². The van der Waals surface area contributed by atoms with Crippen LogP contribution in [-0.2, 0) is 4.74 Å². The molecule has 0 aromatic heterocycles. The number of benzene rings is 1. The summed E-state index contributed by atoms with van der Waals surface area (Å²) in [6.07, 6.45) is 3.37. The summed E-state index contributed by atoms with van der Waals surface area (Å²) < 4.78 is 11.0. The second kappa shape index (κ2) is 4.99. The third-order valence-electron chi connectivity index (χ3n) is 2.53. The number of phenols is 1. The van der Waals surface area contributed by atoms with Crippen LogP contribution in [0.5, 0.6) is 11.5 Å². The number of phenolic OH excluding ortho intramolecular Hbond substituents is 1. The van der Waals surface area contributed by atoms with Gasteiger partial charge in [0.05, 0.1) is 12.2 Å². The van der Waals surface area contributed by atoms with E-state index in [-0.39, 0.29) is 17.6 Å². The summed E-state index contributed by atoms with van der Waals surface area (Å²) in [4.78, 5) is 10.6. The molecule has 1 atom stereocenters. The van der Waals surface area contributed by atoms with Gasteiger partial charge in [-0.25, -0.2) is 0 Å². The Labute approximate surface area is 93.8 Å². The van der Waals surface area contributed by atoms with Crippen molar-refractivity contribution in [3.8, 4) is 11.5 Å². The first-order valence-corrected chi connectivity index (χ1v) is 5.36. The van der Waals surface area contributed by atoms with Crippen LogP contribution in [0.1, 0.15) is 29.6 Å². The minimum absolute atomic E-state index is 0.0353. The molecule has 4 nitrogen and oxygen atoms in total. The Kier molecular flexibility index (Phi) is 3.41. The molecule has 1 aromatic carbocycles. The zero-order valence-corrected chi connectivity index (χ0v) is 8.89. The highest BCUT2D eigenvalue weighted by atomic mass is 16.7. The summed E-state index contributed by atoms with van der Waals surface area (Å²) >= 11 is 0. The Hall–Kier alpha value is -1.55. The minimum Gasteiger partial charge on any atom is -0.507 e. The monoisotopic (exact) mass is 222 g/mol. The standard InChI is InChI=1S/C12H14O4/c13-8-9-7-10(4-5-11(9)14)16-12-3-1-2-6-15-12/h4-5,7-8,12,14H,1-3,6H2. The molecular weight excluding hydrogens is 208 g/mol. The molecule has 1 heterocycles. The van der Waals surface area contributed by atoms with Crippen LogP contribution in [0.3, 0.4) is 0 Å². The van der Waals surface area contributed by atoms with E-state index in [4.69, 9.17) is 9.47 Å². The fourth-order valence-corrected chi connectivity index (χ4v) is 1.66. The summed E-state index contributed by atoms with van der Waals surface area (Å²) in [6.45, 7) is 0.712. The van der Waals surface area contributed by atoms with E-state index in [1.54, 1.807) is 6.07 Å². The van der Waals surface area contributed by atoms with Gasteiger partial charge in [-0.3, -0.25) is 4.79 Å². The van der Waals surface area contributed by atoms with Crippen LogP contribution >= 0.6 is 0 Å². The molecule has 0 bridgehead atoms. The average Bonchev–Trinajstić information content (AvgIpc) is 2.33. The van der Waals surface area contributed by atoms with Crippen LogP contribution in [-0.4, -0.2) is 24.3 Å². The minimum atomic E-state index is -0.238. The lowest BCUT2D eigenvalue weighted by Crippen LogP contribution is -2.24. The summed E-state index contributed by atoms with van der Waals surface area (Å²) in [5, 5.41) is 9.32. The Morgan fingerprint density at radius 2 is 2.31 bits per heavy atom. The van der Waals surface area contributed by atoms with E-state index in [9.17, 15) is 9.90 Å². The maximum absolute atomic E-state index is 10.6. The van der Waals surface area contributed by atoms with Gasteiger partial charge in [0, 0.05) is 6.42 Å². The van der Waals surface area contributed by atoms with Crippen LogP contribution in [0.15, 0.2) is 18.2 Å². The number of carbonyl (C=O) groups excluding carboxylic acids is 1. The van der Waals surface area contributed by atoms with Crippen LogP contribution in [0.4, 0.5) is 0 Å². The van der Waals surface area contributed by atoms with E-state index < -0.39 is 0 Å². The van der Waals surface area contributed by atoms with Gasteiger partial charge in [-0.15, -0.1) is 0 Å². The molecule has 1 N–H and O–H groups in total. The van der Waals surface area contributed by atoms with Crippen molar-refractivity contribution in [2.75, 3.05) is 6.61 Å². The Balaban J connectivity index is 2.05. The van der Waals surface area contributed by atoms with Crippen LogP contribution in [0, 0.1) is 0 Å². The zero-order valence-electron chi connectivity index (χ0n) is 8.89. The van der Waals surface area contributed by atoms with Crippen LogP contribution in [0.25, 0.3) is 0 Å². The van der Waals surface area contributed by atoms with Crippen molar-refractivity contribution in [2.24, 2.45) is 0 Å². The first-order chi connectivity index (χ1) is 7.79. The molecule has 1 aliphatic heterocycles. The van der Waals surface area contributed by atoms with Gasteiger partial charge < -0.3 is 14.6 Å². The van der Waals surface area contributed by atoms with Crippen molar-refractivity contribution in [1.29, 1.82) is 0 Å². The van der Waals surface area contributed by atoms with Gasteiger partial charge in [0.1, 0.15) is 11.5 Å². The third kappa shape index (κ3) is 2.52. The highest BCUT2D eigenvalue weighted by molar-refractivity contribution is 5.79. The fourth-order valence-electron chi connectivity index (χ4n) is 1.66. The molecule has 1 fully saturated rings. The molecule has 0 saturated carbocycles. The van der Waals surface area contributed by atoms with E-state index in [1.807, 2.05) is 0 Å². The number of aromatic hydroxyl groups is 1. The highest BCUT2D eigenvalue weighted by Gasteiger charge is 2.15. The second-order valence-corrected chi connectivity index (χ2v) is 3.75. The fraction of sp³-hybridized carbons (Fsp3) is 0.417. The molecule has 1 aliphatic rings. The predicted molar refractivity (Wildman–Crippen MR) is 57.7 cm³/mol. The molecule has 0 aliphatic carbocycles. The maximum Gasteiger partial charge on any atom is 0.199 e. The molecular formula is C12H14O4. The van der Waals surface area contributed by atoms with Gasteiger partial charge >= 0.3 is 0 Å². The van der Waals surface area contributed by atoms with Gasteiger partial charge in [0.25, 0.3) is 0 Å². The number of aldehydes is 1. The SMILES string of the molecule is O=Cc1cc(OC2CCCCO2)ccc1O. The average molecular weight is 222 g/mol. The van der Waals surface area contributed by atoms with Gasteiger partial charge in [-0.05, 0) is 31.0 Å². The lowest BCUT2D eigenvalue weighted by Gasteiger charge is -2.23. The van der Waals surface area contributed by atoms with Crippen molar-refractivity contribution in [1.82, 2.24) is 0 Å². The molecule has 4 heteroatoms. The molecule has 2 rings (SSSR count). The molecule has 86 valence electrons. The van der Waals surface area contributed by atoms with Crippen molar-refractivity contribution in [2.45, 2.75) is 25.6 Å². The maximum atomic E-state index is 10.6. The quantitative estimate of drug-likeness (QED) is 0.796. The molecule has 16 heavy (non-hydrogen) atoms. The second-order valence-electron chi connectivity index (χ2n) is 3.75. The van der Waals surface area contributed by atoms with E-state index in [0.29, 0.717) is 18.6 Å². The van der Waals surface area contributed by atoms with E-state index in [1.165, 1.54) is 12.1 Å². The van der Waals surface area contributed by atoms with Crippen LogP contribution < -0.4 is 4.74 Å². The molecule has 1 saturated heterocycles. The number of hydrogen-bond donors (Lipinski definition) is 1. The van der Waals surface area contributed by atoms with Crippen molar-refractivity contribution < 1.29 is 19.4 Å². The Morgan fingerprint density at radius 1 is 1.44 bits per heavy atom.